The summed E-state index contributed by atoms with van der Waals surface area (Å²) in [5.41, 5.74) is 15.0. The van der Waals surface area contributed by atoms with Crippen LogP contribution in [-0.4, -0.2) is 4.57 Å². The summed E-state index contributed by atoms with van der Waals surface area (Å²) in [4.78, 5) is 2.31. The number of nitrogens with zero attached hydrogens (tertiary/aromatic N) is 2. The summed E-state index contributed by atoms with van der Waals surface area (Å²) in [6, 6.07) is 62.0. The number of benzene rings is 7. The molecular weight excluding hydrogens is 625 g/mol. The fourth-order valence-electron chi connectivity index (χ4n) is 8.15. The molecule has 10 rings (SSSR count). The van der Waals surface area contributed by atoms with E-state index in [9.17, 15) is 0 Å². The minimum absolute atomic E-state index is 0.0589. The lowest BCUT2D eigenvalue weighted by Crippen LogP contribution is -2.15. The fourth-order valence-corrected chi connectivity index (χ4v) is 9.37. The molecule has 1 aliphatic rings. The monoisotopic (exact) mass is 658 g/mol. The highest BCUT2D eigenvalue weighted by molar-refractivity contribution is 7.26. The lowest BCUT2D eigenvalue weighted by Gasteiger charge is -2.25. The largest absolute Gasteiger partial charge is 0.311 e. The predicted molar refractivity (Wildman–Crippen MR) is 214 cm³/mol. The van der Waals surface area contributed by atoms with Crippen molar-refractivity contribution in [3.05, 3.63) is 181 Å². The van der Waals surface area contributed by atoms with Crippen LogP contribution < -0.4 is 4.90 Å². The predicted octanol–water partition coefficient (Wildman–Crippen LogP) is 13.4. The van der Waals surface area contributed by atoms with Crippen LogP contribution in [-0.2, 0) is 5.41 Å². The second kappa shape index (κ2) is 11.1. The van der Waals surface area contributed by atoms with Crippen molar-refractivity contribution in [2.75, 3.05) is 4.90 Å². The number of fused-ring (bicyclic) bond motifs is 8. The first kappa shape index (κ1) is 29.1. The first-order valence-corrected chi connectivity index (χ1v) is 18.1. The van der Waals surface area contributed by atoms with E-state index < -0.39 is 0 Å². The van der Waals surface area contributed by atoms with Crippen LogP contribution in [0, 0.1) is 0 Å². The molecule has 2 aromatic heterocycles. The summed E-state index contributed by atoms with van der Waals surface area (Å²) >= 11 is 1.90. The fraction of sp³-hybridized carbons (Fsp3) is 0.0638. The number of hydrogen-bond donors (Lipinski definition) is 0. The lowest BCUT2D eigenvalue weighted by atomic mass is 9.82. The van der Waals surface area contributed by atoms with Gasteiger partial charge in [0.05, 0.1) is 15.7 Å². The summed E-state index contributed by atoms with van der Waals surface area (Å²) in [5, 5.41) is 2.60. The van der Waals surface area contributed by atoms with E-state index in [1.807, 2.05) is 11.3 Å². The Hall–Kier alpha value is -5.90. The topological polar surface area (TPSA) is 8.17 Å². The third kappa shape index (κ3) is 4.33. The van der Waals surface area contributed by atoms with Crippen LogP contribution in [0.4, 0.5) is 17.1 Å². The maximum Gasteiger partial charge on any atom is 0.0727 e. The van der Waals surface area contributed by atoms with Crippen molar-refractivity contribution in [2.45, 2.75) is 19.3 Å². The Labute approximate surface area is 296 Å². The number of anilines is 3. The van der Waals surface area contributed by atoms with E-state index in [0.717, 1.165) is 17.1 Å². The van der Waals surface area contributed by atoms with Gasteiger partial charge in [0, 0.05) is 43.6 Å². The molecular formula is C47H34N2S. The zero-order chi connectivity index (χ0) is 33.4. The van der Waals surface area contributed by atoms with Crippen LogP contribution in [0.25, 0.3) is 59.1 Å². The molecule has 50 heavy (non-hydrogen) atoms. The molecule has 0 aliphatic heterocycles. The Bertz CT molecular complexity index is 2680. The average Bonchev–Trinajstić information content (AvgIpc) is 3.77. The molecule has 9 aromatic rings. The number of thiophene rings is 1. The van der Waals surface area contributed by atoms with E-state index >= 15 is 0 Å². The van der Waals surface area contributed by atoms with Crippen molar-refractivity contribution in [1.82, 2.24) is 4.57 Å². The Balaban J connectivity index is 1.12. The Morgan fingerprint density at radius 3 is 1.88 bits per heavy atom. The second-order valence-electron chi connectivity index (χ2n) is 13.8. The number of aromatic nitrogens is 1. The van der Waals surface area contributed by atoms with Gasteiger partial charge in [-0.1, -0.05) is 117 Å². The molecule has 0 bridgehead atoms. The smallest absolute Gasteiger partial charge is 0.0727 e. The van der Waals surface area contributed by atoms with E-state index in [4.69, 9.17) is 0 Å². The molecule has 0 saturated carbocycles. The van der Waals surface area contributed by atoms with Crippen molar-refractivity contribution in [3.63, 3.8) is 0 Å². The lowest BCUT2D eigenvalue weighted by molar-refractivity contribution is 0.660. The Morgan fingerprint density at radius 2 is 1.12 bits per heavy atom. The molecule has 0 N–H and O–H groups in total. The number of para-hydroxylation sites is 2. The zero-order valence-corrected chi connectivity index (χ0v) is 28.8. The van der Waals surface area contributed by atoms with Gasteiger partial charge in [0.2, 0.25) is 0 Å². The Kier molecular flexibility index (Phi) is 6.43. The summed E-state index contributed by atoms with van der Waals surface area (Å²) in [5.74, 6) is 0. The van der Waals surface area contributed by atoms with Gasteiger partial charge in [0.1, 0.15) is 0 Å². The molecule has 2 nitrogen and oxygen atoms in total. The standard InChI is InChI=1S/C47H34N2S/c1-47(2)41-19-11-9-17-37(41)38-27-26-36(30-42(38)47)49-43-28-23-32(29-40(43)46-45(49)39-18-10-12-20-44(39)50-46)31-21-24-35(25-22-31)48(33-13-5-3-6-14-33)34-15-7-4-8-16-34/h3-30H,1-2H3. The van der Waals surface area contributed by atoms with E-state index in [2.05, 4.69) is 193 Å². The summed E-state index contributed by atoms with van der Waals surface area (Å²) in [6.07, 6.45) is 0. The summed E-state index contributed by atoms with van der Waals surface area (Å²) in [6.45, 7) is 4.72. The third-order valence-corrected chi connectivity index (χ3v) is 11.8. The second-order valence-corrected chi connectivity index (χ2v) is 14.8. The minimum Gasteiger partial charge on any atom is -0.311 e. The van der Waals surface area contributed by atoms with Gasteiger partial charge in [0.25, 0.3) is 0 Å². The molecule has 0 fully saturated rings. The quantitative estimate of drug-likeness (QED) is 0.179. The first-order chi connectivity index (χ1) is 24.6. The van der Waals surface area contributed by atoms with E-state index in [0.29, 0.717) is 0 Å². The molecule has 0 spiro atoms. The Morgan fingerprint density at radius 1 is 0.500 bits per heavy atom. The van der Waals surface area contributed by atoms with Gasteiger partial charge in [-0.05, 0) is 100 Å². The molecule has 2 heterocycles. The molecule has 1 aliphatic carbocycles. The molecule has 3 heteroatoms. The number of rotatable bonds is 5. The van der Waals surface area contributed by atoms with Gasteiger partial charge >= 0.3 is 0 Å². The van der Waals surface area contributed by atoms with Crippen LogP contribution in [0.3, 0.4) is 0 Å². The van der Waals surface area contributed by atoms with Crippen LogP contribution in [0.15, 0.2) is 170 Å². The SMILES string of the molecule is CC1(C)c2ccccc2-c2ccc(-n3c4ccc(-c5ccc(N(c6ccccc6)c6ccccc6)cc5)cc4c4sc5ccccc5c43)cc21. The molecule has 7 aromatic carbocycles. The zero-order valence-electron chi connectivity index (χ0n) is 28.0. The third-order valence-electron chi connectivity index (χ3n) is 10.6. The van der Waals surface area contributed by atoms with Crippen molar-refractivity contribution in [3.8, 4) is 27.9 Å². The summed E-state index contributed by atoms with van der Waals surface area (Å²) < 4.78 is 5.16. The number of hydrogen-bond acceptors (Lipinski definition) is 2. The molecule has 0 amide bonds. The highest BCUT2D eigenvalue weighted by atomic mass is 32.1. The van der Waals surface area contributed by atoms with Gasteiger partial charge in [-0.25, -0.2) is 0 Å². The van der Waals surface area contributed by atoms with Crippen LogP contribution in [0.1, 0.15) is 25.0 Å². The van der Waals surface area contributed by atoms with E-state index in [1.54, 1.807) is 0 Å². The van der Waals surface area contributed by atoms with Crippen LogP contribution >= 0.6 is 11.3 Å². The van der Waals surface area contributed by atoms with Crippen LogP contribution in [0.5, 0.6) is 0 Å². The van der Waals surface area contributed by atoms with Crippen molar-refractivity contribution < 1.29 is 0 Å². The first-order valence-electron chi connectivity index (χ1n) is 17.3. The highest BCUT2D eigenvalue weighted by Crippen LogP contribution is 2.50. The molecule has 0 atom stereocenters. The van der Waals surface area contributed by atoms with Gasteiger partial charge in [-0.3, -0.25) is 0 Å². The van der Waals surface area contributed by atoms with Gasteiger partial charge in [-0.15, -0.1) is 11.3 Å². The van der Waals surface area contributed by atoms with Gasteiger partial charge in [-0.2, -0.15) is 0 Å². The maximum absolute atomic E-state index is 2.51. The molecule has 0 saturated heterocycles. The summed E-state index contributed by atoms with van der Waals surface area (Å²) in [7, 11) is 0. The van der Waals surface area contributed by atoms with E-state index in [-0.39, 0.29) is 5.41 Å². The molecule has 238 valence electrons. The van der Waals surface area contributed by atoms with Crippen LogP contribution in [0.2, 0.25) is 0 Å². The molecule has 0 unspecified atom stereocenters. The molecule has 0 radical (unpaired) electrons. The highest BCUT2D eigenvalue weighted by Gasteiger charge is 2.35. The maximum atomic E-state index is 2.51. The van der Waals surface area contributed by atoms with Gasteiger partial charge < -0.3 is 9.47 Å². The van der Waals surface area contributed by atoms with Crippen molar-refractivity contribution >= 4 is 59.6 Å². The van der Waals surface area contributed by atoms with E-state index in [1.165, 1.54) is 70.3 Å². The van der Waals surface area contributed by atoms with Crippen molar-refractivity contribution in [1.29, 1.82) is 0 Å². The van der Waals surface area contributed by atoms with Crippen molar-refractivity contribution in [2.24, 2.45) is 0 Å². The minimum atomic E-state index is -0.0589. The van der Waals surface area contributed by atoms with Gasteiger partial charge in [0.15, 0.2) is 0 Å². The average molecular weight is 659 g/mol. The normalized spacial score (nSPS) is 13.2.